The predicted molar refractivity (Wildman–Crippen MR) is 156 cm³/mol. The van der Waals surface area contributed by atoms with Crippen LogP contribution in [-0.4, -0.2) is 53.3 Å². The monoisotopic (exact) mass is 558 g/mol. The number of likely N-dealkylation sites (tertiary alicyclic amines) is 1. The lowest BCUT2D eigenvalue weighted by molar-refractivity contribution is -0.141. The summed E-state index contributed by atoms with van der Waals surface area (Å²) < 4.78 is 8.99. The van der Waals surface area contributed by atoms with Crippen LogP contribution in [0.2, 0.25) is 37.3 Å². The van der Waals surface area contributed by atoms with Crippen molar-refractivity contribution < 1.29 is 14.0 Å². The van der Waals surface area contributed by atoms with Crippen LogP contribution in [0.1, 0.15) is 66.5 Å². The quantitative estimate of drug-likeness (QED) is 0.177. The number of hydrogen-bond donors (Lipinski definition) is 0. The molecule has 0 N–H and O–H groups in total. The van der Waals surface area contributed by atoms with Crippen LogP contribution in [0, 0.1) is 29.6 Å². The summed E-state index contributed by atoms with van der Waals surface area (Å²) in [5.74, 6) is 0.732. The normalized spacial score (nSPS) is 26.5. The fourth-order valence-electron chi connectivity index (χ4n) is 6.80. The highest BCUT2D eigenvalue weighted by Gasteiger charge is 2.59. The molecule has 38 heavy (non-hydrogen) atoms. The van der Waals surface area contributed by atoms with E-state index in [0.717, 1.165) is 25.4 Å². The minimum absolute atomic E-state index is 0.0237. The number of nitrogens with zero attached hydrogens (tertiary/aromatic N) is 4. The van der Waals surface area contributed by atoms with Gasteiger partial charge in [0, 0.05) is 11.8 Å². The van der Waals surface area contributed by atoms with E-state index >= 15 is 0 Å². The van der Waals surface area contributed by atoms with E-state index in [1.807, 2.05) is 10.9 Å². The minimum atomic E-state index is -1.96. The van der Waals surface area contributed by atoms with Crippen LogP contribution in [0.15, 0.2) is 18.3 Å². The first kappa shape index (κ1) is 29.4. The molecular weight excluding hydrogens is 509 g/mol. The van der Waals surface area contributed by atoms with E-state index in [0.29, 0.717) is 11.6 Å². The molecule has 0 radical (unpaired) electrons. The lowest BCUT2D eigenvalue weighted by Crippen LogP contribution is -2.60. The molecule has 0 aromatic carbocycles. The molecule has 2 amide bonds. The zero-order valence-corrected chi connectivity index (χ0v) is 27.4. The zero-order valence-electron chi connectivity index (χ0n) is 25.4. The lowest BCUT2D eigenvalue weighted by atomic mass is 9.85. The van der Waals surface area contributed by atoms with E-state index in [1.54, 1.807) is 0 Å². The molecule has 212 valence electrons. The Balaban J connectivity index is 1.31. The Morgan fingerprint density at radius 2 is 1.63 bits per heavy atom. The van der Waals surface area contributed by atoms with Crippen LogP contribution < -0.4 is 0 Å². The van der Waals surface area contributed by atoms with Gasteiger partial charge in [0.05, 0.1) is 32.7 Å². The van der Waals surface area contributed by atoms with Gasteiger partial charge in [-0.05, 0) is 62.6 Å². The number of imide groups is 1. The molecule has 2 aliphatic carbocycles. The molecule has 1 aromatic rings. The highest BCUT2D eigenvalue weighted by molar-refractivity contribution is 6.82. The summed E-state index contributed by atoms with van der Waals surface area (Å²) in [4.78, 5) is 27.4. The molecular formula is C29H50N4O3Si2. The highest BCUT2D eigenvalue weighted by atomic mass is 28.4. The van der Waals surface area contributed by atoms with Gasteiger partial charge in [-0.1, -0.05) is 70.6 Å². The third-order valence-electron chi connectivity index (χ3n) is 11.2. The molecule has 2 bridgehead atoms. The van der Waals surface area contributed by atoms with Gasteiger partial charge in [0.1, 0.15) is 5.69 Å². The molecule has 4 rings (SSSR count). The molecule has 1 aromatic heterocycles. The molecule has 1 aliphatic heterocycles. The van der Waals surface area contributed by atoms with Crippen molar-refractivity contribution in [1.82, 2.24) is 19.9 Å². The van der Waals surface area contributed by atoms with Gasteiger partial charge in [-0.25, -0.2) is 0 Å². The van der Waals surface area contributed by atoms with Crippen LogP contribution in [0.3, 0.4) is 0 Å². The first-order valence-electron chi connectivity index (χ1n) is 14.6. The standard InChI is InChI=1S/C29H50N4O3Si2/c1-11-20(2)28(3,4)38(9,10)36-29(5,6)37(7,8)16-12-15-32-18-23(30-31-32)19-33-26(34)24-21-13-14-22(17-21)25(24)27(33)35/h13-14,18,20-22,24-25H,11-12,15-17,19H2,1-10H3. The predicted octanol–water partition coefficient (Wildman–Crippen LogP) is 6.05. The number of hydrogen-bond acceptors (Lipinski definition) is 5. The van der Waals surface area contributed by atoms with E-state index in [4.69, 9.17) is 4.43 Å². The minimum Gasteiger partial charge on any atom is -0.415 e. The molecule has 1 saturated carbocycles. The molecule has 2 fully saturated rings. The Hall–Kier alpha value is -1.59. The van der Waals surface area contributed by atoms with Crippen LogP contribution in [0.5, 0.6) is 0 Å². The first-order valence-corrected chi connectivity index (χ1v) is 20.8. The second-order valence-electron chi connectivity index (χ2n) is 14.4. The Kier molecular flexibility index (Phi) is 7.82. The van der Waals surface area contributed by atoms with Gasteiger partial charge in [-0.3, -0.25) is 19.2 Å². The van der Waals surface area contributed by atoms with E-state index in [9.17, 15) is 9.59 Å². The van der Waals surface area contributed by atoms with Gasteiger partial charge in [-0.2, -0.15) is 0 Å². The van der Waals surface area contributed by atoms with Crippen molar-refractivity contribution in [2.24, 2.45) is 29.6 Å². The van der Waals surface area contributed by atoms with E-state index in [-0.39, 0.29) is 52.3 Å². The third-order valence-corrected chi connectivity index (χ3v) is 21.0. The number of aryl methyl sites for hydroxylation is 1. The van der Waals surface area contributed by atoms with E-state index in [1.165, 1.54) is 11.3 Å². The Bertz CT molecular complexity index is 1060. The third kappa shape index (κ3) is 5.03. The molecule has 7 nitrogen and oxygen atoms in total. The van der Waals surface area contributed by atoms with Crippen LogP contribution in [0.25, 0.3) is 0 Å². The molecule has 5 unspecified atom stereocenters. The Labute approximate surface area is 231 Å². The Morgan fingerprint density at radius 3 is 2.18 bits per heavy atom. The fourth-order valence-corrected chi connectivity index (χ4v) is 13.2. The van der Waals surface area contributed by atoms with Crippen molar-refractivity contribution >= 4 is 28.2 Å². The summed E-state index contributed by atoms with van der Waals surface area (Å²) in [6, 6.07) is 1.13. The van der Waals surface area contributed by atoms with E-state index in [2.05, 4.69) is 90.2 Å². The smallest absolute Gasteiger partial charge is 0.234 e. The number of allylic oxidation sites excluding steroid dienone is 2. The first-order chi connectivity index (χ1) is 17.5. The van der Waals surface area contributed by atoms with Gasteiger partial charge < -0.3 is 4.43 Å². The zero-order chi connectivity index (χ0) is 28.3. The van der Waals surface area contributed by atoms with Crippen LogP contribution in [-0.2, 0) is 27.1 Å². The summed E-state index contributed by atoms with van der Waals surface area (Å²) in [6.45, 7) is 24.8. The largest absolute Gasteiger partial charge is 0.415 e. The summed E-state index contributed by atoms with van der Waals surface area (Å²) >= 11 is 0. The second-order valence-corrected chi connectivity index (χ2v) is 24.4. The van der Waals surface area contributed by atoms with E-state index < -0.39 is 16.4 Å². The SMILES string of the molecule is CCC(C)C(C)(C)[Si](C)(C)OC(C)(C)[Si](C)(C)CCCn1cc(CN2C(=O)C3C4C=CC(C4)C3C2=O)nn1. The summed E-state index contributed by atoms with van der Waals surface area (Å²) in [6.07, 6.45) is 9.29. The maximum absolute atomic E-state index is 13.0. The average Bonchev–Trinajstić information content (AvgIpc) is 3.59. The number of amides is 2. The summed E-state index contributed by atoms with van der Waals surface area (Å²) in [7, 11) is -3.69. The van der Waals surface area contributed by atoms with Crippen molar-refractivity contribution in [3.8, 4) is 0 Å². The second kappa shape index (κ2) is 10.1. The lowest BCUT2D eigenvalue weighted by Gasteiger charge is -2.51. The highest BCUT2D eigenvalue weighted by Crippen LogP contribution is 2.53. The summed E-state index contributed by atoms with van der Waals surface area (Å²) in [5.41, 5.74) is 0.687. The van der Waals surface area contributed by atoms with Crippen molar-refractivity contribution in [2.45, 2.75) is 116 Å². The molecule has 0 spiro atoms. The summed E-state index contributed by atoms with van der Waals surface area (Å²) in [5, 5.41) is 8.71. The number of rotatable bonds is 12. The fraction of sp³-hybridized carbons (Fsp3) is 0.793. The Morgan fingerprint density at radius 1 is 1.05 bits per heavy atom. The van der Waals surface area contributed by atoms with Gasteiger partial charge in [0.25, 0.3) is 0 Å². The van der Waals surface area contributed by atoms with Crippen molar-refractivity contribution in [3.05, 3.63) is 24.0 Å². The number of fused-ring (bicyclic) bond motifs is 5. The maximum atomic E-state index is 13.0. The molecule has 1 saturated heterocycles. The van der Waals surface area contributed by atoms with Gasteiger partial charge in [-0.15, -0.1) is 5.10 Å². The molecule has 5 atom stereocenters. The molecule has 3 aliphatic rings. The number of carbonyl (C=O) groups excluding carboxylic acids is 2. The average molecular weight is 559 g/mol. The van der Waals surface area contributed by atoms with Crippen LogP contribution in [0.4, 0.5) is 0 Å². The van der Waals surface area contributed by atoms with Crippen LogP contribution >= 0.6 is 0 Å². The number of carbonyl (C=O) groups is 2. The van der Waals surface area contributed by atoms with Crippen molar-refractivity contribution in [3.63, 3.8) is 0 Å². The van der Waals surface area contributed by atoms with Gasteiger partial charge >= 0.3 is 0 Å². The topological polar surface area (TPSA) is 77.3 Å². The van der Waals surface area contributed by atoms with Gasteiger partial charge in [0.2, 0.25) is 11.8 Å². The van der Waals surface area contributed by atoms with Gasteiger partial charge in [0.15, 0.2) is 8.32 Å². The molecule has 2 heterocycles. The molecule has 9 heteroatoms. The number of aromatic nitrogens is 3. The van der Waals surface area contributed by atoms with Crippen molar-refractivity contribution in [2.75, 3.05) is 0 Å². The maximum Gasteiger partial charge on any atom is 0.234 e. The van der Waals surface area contributed by atoms with Crippen molar-refractivity contribution in [1.29, 1.82) is 0 Å².